The molecule has 3 amide bonds. The average molecular weight is 453 g/mol. The second-order valence-corrected chi connectivity index (χ2v) is 7.92. The van der Waals surface area contributed by atoms with Gasteiger partial charge in [-0.05, 0) is 62.1 Å². The largest absolute Gasteiger partial charge is 0.497 e. The number of anilines is 3. The van der Waals surface area contributed by atoms with Crippen LogP contribution in [0.3, 0.4) is 0 Å². The van der Waals surface area contributed by atoms with Crippen LogP contribution in [0.1, 0.15) is 36.0 Å². The van der Waals surface area contributed by atoms with E-state index in [2.05, 4.69) is 16.0 Å². The van der Waals surface area contributed by atoms with Crippen molar-refractivity contribution < 1.29 is 28.6 Å². The van der Waals surface area contributed by atoms with Gasteiger partial charge in [-0.2, -0.15) is 0 Å². The Hall–Kier alpha value is -3.43. The van der Waals surface area contributed by atoms with E-state index >= 15 is 0 Å². The van der Waals surface area contributed by atoms with Crippen LogP contribution < -0.4 is 20.7 Å². The Labute approximate surface area is 191 Å². The minimum absolute atomic E-state index is 0.186. The maximum absolute atomic E-state index is 12.8. The smallest absolute Gasteiger partial charge is 0.255 e. The van der Waals surface area contributed by atoms with Gasteiger partial charge in [0.15, 0.2) is 0 Å². The molecule has 0 radical (unpaired) electrons. The van der Waals surface area contributed by atoms with Crippen molar-refractivity contribution in [2.24, 2.45) is 0 Å². The van der Waals surface area contributed by atoms with Crippen molar-refractivity contribution in [3.05, 3.63) is 48.0 Å². The molecule has 0 bridgehead atoms. The fourth-order valence-electron chi connectivity index (χ4n) is 3.77. The van der Waals surface area contributed by atoms with Gasteiger partial charge in [-0.25, -0.2) is 0 Å². The molecule has 9 heteroatoms. The van der Waals surface area contributed by atoms with Crippen LogP contribution in [0.15, 0.2) is 42.5 Å². The number of amides is 3. The Morgan fingerprint density at radius 3 is 2.03 bits per heavy atom. The summed E-state index contributed by atoms with van der Waals surface area (Å²) in [4.78, 5) is 37.5. The number of benzene rings is 2. The number of ether oxygens (including phenoxy) is 3. The van der Waals surface area contributed by atoms with Gasteiger partial charge >= 0.3 is 0 Å². The predicted molar refractivity (Wildman–Crippen MR) is 123 cm³/mol. The molecule has 33 heavy (non-hydrogen) atoms. The van der Waals surface area contributed by atoms with Gasteiger partial charge in [0, 0.05) is 30.5 Å². The molecule has 4 rings (SSSR count). The fraction of sp³-hybridized carbons (Fsp3) is 0.375. The van der Waals surface area contributed by atoms with Crippen molar-refractivity contribution in [1.82, 2.24) is 0 Å². The summed E-state index contributed by atoms with van der Waals surface area (Å²) in [6, 6.07) is 11.6. The summed E-state index contributed by atoms with van der Waals surface area (Å²) in [5.74, 6) is -0.260. The van der Waals surface area contributed by atoms with E-state index in [-0.39, 0.29) is 17.7 Å². The van der Waals surface area contributed by atoms with Crippen LogP contribution in [-0.2, 0) is 19.1 Å². The molecule has 2 fully saturated rings. The zero-order valence-corrected chi connectivity index (χ0v) is 18.4. The summed E-state index contributed by atoms with van der Waals surface area (Å²) < 4.78 is 16.1. The van der Waals surface area contributed by atoms with E-state index in [4.69, 9.17) is 14.2 Å². The maximum atomic E-state index is 12.8. The molecule has 2 aromatic rings. The molecule has 0 aliphatic carbocycles. The van der Waals surface area contributed by atoms with Crippen LogP contribution in [0.5, 0.6) is 5.75 Å². The lowest BCUT2D eigenvalue weighted by atomic mass is 10.1. The number of hydrogen-bond acceptors (Lipinski definition) is 6. The molecule has 2 unspecified atom stereocenters. The van der Waals surface area contributed by atoms with Gasteiger partial charge in [0.25, 0.3) is 17.7 Å². The Morgan fingerprint density at radius 2 is 1.45 bits per heavy atom. The topological polar surface area (TPSA) is 115 Å². The monoisotopic (exact) mass is 453 g/mol. The minimum Gasteiger partial charge on any atom is -0.497 e. The van der Waals surface area contributed by atoms with Gasteiger partial charge in [-0.15, -0.1) is 0 Å². The highest BCUT2D eigenvalue weighted by Crippen LogP contribution is 2.29. The number of carbonyl (C=O) groups is 3. The second-order valence-electron chi connectivity index (χ2n) is 7.92. The van der Waals surface area contributed by atoms with Crippen molar-refractivity contribution in [1.29, 1.82) is 0 Å². The van der Waals surface area contributed by atoms with Crippen LogP contribution in [-0.4, -0.2) is 50.3 Å². The average Bonchev–Trinajstić information content (AvgIpc) is 3.55. The molecule has 2 aromatic carbocycles. The highest BCUT2D eigenvalue weighted by molar-refractivity contribution is 6.08. The quantitative estimate of drug-likeness (QED) is 0.593. The highest BCUT2D eigenvalue weighted by atomic mass is 16.5. The molecule has 174 valence electrons. The molecule has 9 nitrogen and oxygen atoms in total. The number of hydrogen-bond donors (Lipinski definition) is 3. The molecule has 0 saturated carbocycles. The van der Waals surface area contributed by atoms with Crippen molar-refractivity contribution in [3.63, 3.8) is 0 Å². The third-order valence-corrected chi connectivity index (χ3v) is 5.59. The maximum Gasteiger partial charge on any atom is 0.255 e. The Kier molecular flexibility index (Phi) is 7.21. The summed E-state index contributed by atoms with van der Waals surface area (Å²) in [5, 5.41) is 8.45. The standard InChI is InChI=1S/C24H27N3O6/c1-31-17-10-11-18(19(14-17)27-24(30)21-5-3-13-33-21)26-22(28)15-6-8-16(9-7-15)25-23(29)20-4-2-12-32-20/h6-11,14,20-21H,2-5,12-13H2,1H3,(H,25,29)(H,26,28)(H,27,30). The summed E-state index contributed by atoms with van der Waals surface area (Å²) in [6.07, 6.45) is 2.15. The number of carbonyl (C=O) groups excluding carboxylic acids is 3. The van der Waals surface area contributed by atoms with E-state index in [0.29, 0.717) is 54.4 Å². The molecule has 0 aromatic heterocycles. The molecule has 2 aliphatic rings. The lowest BCUT2D eigenvalue weighted by Gasteiger charge is -2.16. The van der Waals surface area contributed by atoms with Gasteiger partial charge in [0.2, 0.25) is 0 Å². The van der Waals surface area contributed by atoms with E-state index in [1.54, 1.807) is 42.5 Å². The Morgan fingerprint density at radius 1 is 0.818 bits per heavy atom. The fourth-order valence-corrected chi connectivity index (χ4v) is 3.77. The lowest BCUT2D eigenvalue weighted by Crippen LogP contribution is -2.27. The third kappa shape index (κ3) is 5.68. The Balaban J connectivity index is 1.42. The van der Waals surface area contributed by atoms with Crippen LogP contribution >= 0.6 is 0 Å². The zero-order valence-electron chi connectivity index (χ0n) is 18.4. The van der Waals surface area contributed by atoms with E-state index in [1.165, 1.54) is 7.11 Å². The van der Waals surface area contributed by atoms with Gasteiger partial charge in [-0.3, -0.25) is 14.4 Å². The molecular formula is C24H27N3O6. The molecular weight excluding hydrogens is 426 g/mol. The van der Waals surface area contributed by atoms with Gasteiger partial charge in [-0.1, -0.05) is 0 Å². The molecule has 2 atom stereocenters. The zero-order chi connectivity index (χ0) is 23.2. The van der Waals surface area contributed by atoms with E-state index in [0.717, 1.165) is 12.8 Å². The van der Waals surface area contributed by atoms with E-state index in [9.17, 15) is 14.4 Å². The molecule has 2 saturated heterocycles. The Bertz CT molecular complexity index is 1010. The van der Waals surface area contributed by atoms with Gasteiger partial charge in [0.1, 0.15) is 18.0 Å². The molecule has 3 N–H and O–H groups in total. The summed E-state index contributed by atoms with van der Waals surface area (Å²) in [5.41, 5.74) is 1.84. The van der Waals surface area contributed by atoms with Crippen molar-refractivity contribution in [3.8, 4) is 5.75 Å². The third-order valence-electron chi connectivity index (χ3n) is 5.59. The lowest BCUT2D eigenvalue weighted by molar-refractivity contribution is -0.125. The number of rotatable bonds is 7. The summed E-state index contributed by atoms with van der Waals surface area (Å²) >= 11 is 0. The second kappa shape index (κ2) is 10.5. The van der Waals surface area contributed by atoms with Crippen molar-refractivity contribution in [2.45, 2.75) is 37.9 Å². The molecule has 0 spiro atoms. The highest BCUT2D eigenvalue weighted by Gasteiger charge is 2.25. The van der Waals surface area contributed by atoms with Crippen LogP contribution in [0.2, 0.25) is 0 Å². The first-order chi connectivity index (χ1) is 16.0. The van der Waals surface area contributed by atoms with Crippen LogP contribution in [0, 0.1) is 0 Å². The van der Waals surface area contributed by atoms with E-state index in [1.807, 2.05) is 0 Å². The van der Waals surface area contributed by atoms with Crippen LogP contribution in [0.4, 0.5) is 17.1 Å². The number of methoxy groups -OCH3 is 1. The first-order valence-corrected chi connectivity index (χ1v) is 11.0. The SMILES string of the molecule is COc1ccc(NC(=O)c2ccc(NC(=O)C3CCCO3)cc2)c(NC(=O)C2CCCO2)c1. The normalized spacial score (nSPS) is 19.7. The van der Waals surface area contributed by atoms with Crippen molar-refractivity contribution in [2.75, 3.05) is 36.3 Å². The van der Waals surface area contributed by atoms with Gasteiger partial charge < -0.3 is 30.2 Å². The van der Waals surface area contributed by atoms with E-state index < -0.39 is 12.2 Å². The minimum atomic E-state index is -0.503. The van der Waals surface area contributed by atoms with Crippen molar-refractivity contribution >= 4 is 34.8 Å². The molecule has 2 aliphatic heterocycles. The van der Waals surface area contributed by atoms with Gasteiger partial charge in [0.05, 0.1) is 18.5 Å². The molecule has 2 heterocycles. The summed E-state index contributed by atoms with van der Waals surface area (Å²) in [6.45, 7) is 1.16. The first kappa shape index (κ1) is 22.8. The summed E-state index contributed by atoms with van der Waals surface area (Å²) in [7, 11) is 1.53. The predicted octanol–water partition coefficient (Wildman–Crippen LogP) is 3.18. The first-order valence-electron chi connectivity index (χ1n) is 11.0. The number of nitrogens with one attached hydrogen (secondary N) is 3. The van der Waals surface area contributed by atoms with Crippen LogP contribution in [0.25, 0.3) is 0 Å².